The van der Waals surface area contributed by atoms with Crippen LogP contribution >= 0.6 is 0 Å². The molecular weight excluding hydrogens is 208 g/mol. The second-order valence-electron chi connectivity index (χ2n) is 3.15. The van der Waals surface area contributed by atoms with E-state index in [4.69, 9.17) is 10.5 Å². The smallest absolute Gasteiger partial charge is 0.349 e. The van der Waals surface area contributed by atoms with Crippen molar-refractivity contribution in [3.05, 3.63) is 36.3 Å². The number of ether oxygens (including phenoxy) is 1. The van der Waals surface area contributed by atoms with E-state index < -0.39 is 5.97 Å². The molecule has 0 atom stereocenters. The van der Waals surface area contributed by atoms with Crippen LogP contribution in [-0.2, 0) is 7.05 Å². The molecule has 0 bridgehead atoms. The van der Waals surface area contributed by atoms with Crippen LogP contribution in [0.5, 0.6) is 5.75 Å². The summed E-state index contributed by atoms with van der Waals surface area (Å²) in [4.78, 5) is 15.5. The van der Waals surface area contributed by atoms with Crippen LogP contribution in [-0.4, -0.2) is 20.7 Å². The fraction of sp³-hybridized carbons (Fsp3) is 0.100. The predicted octanol–water partition coefficient (Wildman–Crippen LogP) is 0.617. The summed E-state index contributed by atoms with van der Waals surface area (Å²) >= 11 is 0. The summed E-state index contributed by atoms with van der Waals surface area (Å²) < 4.78 is 6.46. The fourth-order valence-corrected chi connectivity index (χ4v) is 1.17. The molecule has 82 valence electrons. The van der Waals surface area contributed by atoms with Crippen molar-refractivity contribution in [3.8, 4) is 5.75 Å². The average molecular weight is 218 g/mol. The van der Waals surface area contributed by atoms with Crippen LogP contribution in [0.3, 0.4) is 0 Å². The van der Waals surface area contributed by atoms with Gasteiger partial charge < -0.3 is 10.5 Å². The van der Waals surface area contributed by atoms with E-state index in [0.29, 0.717) is 5.75 Å². The molecule has 6 heteroatoms. The molecule has 0 spiro atoms. The molecule has 16 heavy (non-hydrogen) atoms. The molecule has 2 aromatic rings. The van der Waals surface area contributed by atoms with Crippen LogP contribution in [0.25, 0.3) is 0 Å². The number of nitrogens with two attached hydrogens (primary N) is 1. The van der Waals surface area contributed by atoms with Crippen LogP contribution in [0.1, 0.15) is 10.4 Å². The highest BCUT2D eigenvalue weighted by atomic mass is 16.5. The van der Waals surface area contributed by atoms with Crippen molar-refractivity contribution in [1.82, 2.24) is 14.8 Å². The molecule has 2 N–H and O–H groups in total. The van der Waals surface area contributed by atoms with Crippen molar-refractivity contribution in [3.63, 3.8) is 0 Å². The number of anilines is 1. The minimum absolute atomic E-state index is 0.242. The van der Waals surface area contributed by atoms with E-state index in [1.54, 1.807) is 25.4 Å². The van der Waals surface area contributed by atoms with E-state index in [-0.39, 0.29) is 11.4 Å². The topological polar surface area (TPSA) is 83.0 Å². The number of esters is 1. The Bertz CT molecular complexity index is 507. The molecule has 0 aliphatic carbocycles. The first-order valence-electron chi connectivity index (χ1n) is 4.58. The van der Waals surface area contributed by atoms with Gasteiger partial charge in [0.2, 0.25) is 0 Å². The standard InChI is InChI=1S/C10H10N4O2/c1-14-9(11)8(6-13-14)10(15)16-7-3-2-4-12-5-7/h2-6H,11H2,1H3. The lowest BCUT2D eigenvalue weighted by Gasteiger charge is -2.02. The van der Waals surface area contributed by atoms with Crippen LogP contribution in [0.15, 0.2) is 30.7 Å². The van der Waals surface area contributed by atoms with Crippen LogP contribution in [0.2, 0.25) is 0 Å². The number of nitrogens with zero attached hydrogens (tertiary/aromatic N) is 3. The van der Waals surface area contributed by atoms with E-state index in [0.717, 1.165) is 0 Å². The first kappa shape index (κ1) is 10.2. The largest absolute Gasteiger partial charge is 0.421 e. The molecule has 6 nitrogen and oxygen atoms in total. The summed E-state index contributed by atoms with van der Waals surface area (Å²) in [6, 6.07) is 3.31. The molecule has 0 aliphatic heterocycles. The number of pyridine rings is 1. The van der Waals surface area contributed by atoms with Gasteiger partial charge in [0, 0.05) is 13.2 Å². The Hall–Kier alpha value is -2.37. The first-order chi connectivity index (χ1) is 7.68. The highest BCUT2D eigenvalue weighted by Gasteiger charge is 2.15. The van der Waals surface area contributed by atoms with Crippen LogP contribution in [0, 0.1) is 0 Å². The van der Waals surface area contributed by atoms with Gasteiger partial charge in [0.25, 0.3) is 0 Å². The van der Waals surface area contributed by atoms with Gasteiger partial charge in [0.1, 0.15) is 17.1 Å². The van der Waals surface area contributed by atoms with E-state index in [1.807, 2.05) is 0 Å². The van der Waals surface area contributed by atoms with Gasteiger partial charge in [-0.1, -0.05) is 0 Å². The number of aromatic nitrogens is 3. The molecule has 0 saturated carbocycles. The van der Waals surface area contributed by atoms with E-state index in [9.17, 15) is 4.79 Å². The summed E-state index contributed by atoms with van der Waals surface area (Å²) in [7, 11) is 1.65. The third kappa shape index (κ3) is 1.85. The Morgan fingerprint density at radius 2 is 2.31 bits per heavy atom. The number of aryl methyl sites for hydroxylation is 1. The summed E-state index contributed by atoms with van der Waals surface area (Å²) in [6.45, 7) is 0. The zero-order chi connectivity index (χ0) is 11.5. The van der Waals surface area contributed by atoms with E-state index in [2.05, 4.69) is 10.1 Å². The average Bonchev–Trinajstić information content (AvgIpc) is 2.61. The van der Waals surface area contributed by atoms with Crippen molar-refractivity contribution in [1.29, 1.82) is 0 Å². The zero-order valence-corrected chi connectivity index (χ0v) is 8.62. The second-order valence-corrected chi connectivity index (χ2v) is 3.15. The molecule has 0 aromatic carbocycles. The molecule has 2 heterocycles. The lowest BCUT2D eigenvalue weighted by Crippen LogP contribution is -2.11. The third-order valence-corrected chi connectivity index (χ3v) is 2.05. The number of hydrogen-bond donors (Lipinski definition) is 1. The summed E-state index contributed by atoms with van der Waals surface area (Å²) in [5, 5.41) is 3.85. The molecule has 0 amide bonds. The van der Waals surface area contributed by atoms with Gasteiger partial charge in [-0.3, -0.25) is 9.67 Å². The Balaban J connectivity index is 2.18. The summed E-state index contributed by atoms with van der Waals surface area (Å²) in [6.07, 6.45) is 4.41. The molecular formula is C10H10N4O2. The second kappa shape index (κ2) is 4.01. The Kier molecular flexibility index (Phi) is 2.55. The maximum Gasteiger partial charge on any atom is 0.349 e. The van der Waals surface area contributed by atoms with Crippen molar-refractivity contribution in [2.45, 2.75) is 0 Å². The van der Waals surface area contributed by atoms with Gasteiger partial charge >= 0.3 is 5.97 Å². The van der Waals surface area contributed by atoms with E-state index >= 15 is 0 Å². The Morgan fingerprint density at radius 1 is 1.50 bits per heavy atom. The number of rotatable bonds is 2. The molecule has 0 saturated heterocycles. The third-order valence-electron chi connectivity index (χ3n) is 2.05. The Morgan fingerprint density at radius 3 is 2.88 bits per heavy atom. The fourth-order valence-electron chi connectivity index (χ4n) is 1.17. The lowest BCUT2D eigenvalue weighted by molar-refractivity contribution is 0.0735. The first-order valence-corrected chi connectivity index (χ1v) is 4.58. The van der Waals surface area contributed by atoms with Gasteiger partial charge in [-0.2, -0.15) is 5.10 Å². The minimum atomic E-state index is -0.543. The van der Waals surface area contributed by atoms with Crippen molar-refractivity contribution in [2.24, 2.45) is 7.05 Å². The normalized spacial score (nSPS) is 10.1. The van der Waals surface area contributed by atoms with Crippen molar-refractivity contribution in [2.75, 3.05) is 5.73 Å². The molecule has 2 aromatic heterocycles. The molecule has 0 fully saturated rings. The van der Waals surface area contributed by atoms with Crippen LogP contribution < -0.4 is 10.5 Å². The maximum absolute atomic E-state index is 11.7. The van der Waals surface area contributed by atoms with Gasteiger partial charge in [-0.05, 0) is 12.1 Å². The van der Waals surface area contributed by atoms with Gasteiger partial charge in [-0.15, -0.1) is 0 Å². The number of carbonyl (C=O) groups is 1. The maximum atomic E-state index is 11.7. The molecule has 0 aliphatic rings. The van der Waals surface area contributed by atoms with Gasteiger partial charge in [0.05, 0.1) is 12.4 Å². The number of carbonyl (C=O) groups excluding carboxylic acids is 1. The highest BCUT2D eigenvalue weighted by Crippen LogP contribution is 2.14. The number of nitrogen functional groups attached to an aromatic ring is 1. The van der Waals surface area contributed by atoms with Gasteiger partial charge in [0.15, 0.2) is 0 Å². The monoisotopic (exact) mass is 218 g/mol. The lowest BCUT2D eigenvalue weighted by atomic mass is 10.3. The quantitative estimate of drug-likeness (QED) is 0.747. The SMILES string of the molecule is Cn1ncc(C(=O)Oc2cccnc2)c1N. The molecule has 0 radical (unpaired) electrons. The summed E-state index contributed by atoms with van der Waals surface area (Å²) in [5.74, 6) is 0.100. The Labute approximate surface area is 91.7 Å². The molecule has 2 rings (SSSR count). The summed E-state index contributed by atoms with van der Waals surface area (Å²) in [5.41, 5.74) is 5.88. The minimum Gasteiger partial charge on any atom is -0.421 e. The van der Waals surface area contributed by atoms with Crippen molar-refractivity contribution >= 4 is 11.8 Å². The van der Waals surface area contributed by atoms with Crippen LogP contribution in [0.4, 0.5) is 5.82 Å². The predicted molar refractivity (Wildman–Crippen MR) is 56.8 cm³/mol. The molecule has 0 unspecified atom stereocenters. The van der Waals surface area contributed by atoms with Gasteiger partial charge in [-0.25, -0.2) is 4.79 Å². The number of hydrogen-bond acceptors (Lipinski definition) is 5. The highest BCUT2D eigenvalue weighted by molar-refractivity contribution is 5.95. The van der Waals surface area contributed by atoms with E-state index in [1.165, 1.54) is 17.1 Å². The van der Waals surface area contributed by atoms with Crippen molar-refractivity contribution < 1.29 is 9.53 Å². The zero-order valence-electron chi connectivity index (χ0n) is 8.62.